The lowest BCUT2D eigenvalue weighted by molar-refractivity contribution is -0.203. The molecule has 11 atom stereocenters. The first kappa shape index (κ1) is 31.2. The molecule has 7 nitrogen and oxygen atoms in total. The summed E-state index contributed by atoms with van der Waals surface area (Å²) < 4.78 is 11.5. The fourth-order valence-electron chi connectivity index (χ4n) is 10.3. The summed E-state index contributed by atoms with van der Waals surface area (Å²) in [5.41, 5.74) is -2.74. The second-order valence-electron chi connectivity index (χ2n) is 15.1. The molecule has 0 aromatic carbocycles. The summed E-state index contributed by atoms with van der Waals surface area (Å²) in [6.07, 6.45) is 5.67. The molecule has 4 fully saturated rings. The van der Waals surface area contributed by atoms with E-state index in [1.54, 1.807) is 6.92 Å². The van der Waals surface area contributed by atoms with Gasteiger partial charge >= 0.3 is 11.9 Å². The molecule has 0 aliphatic heterocycles. The molecular formula is C33H52O7. The summed E-state index contributed by atoms with van der Waals surface area (Å²) in [5.74, 6) is -0.313. The summed E-state index contributed by atoms with van der Waals surface area (Å²) in [5, 5.41) is 12.4. The van der Waals surface area contributed by atoms with Crippen molar-refractivity contribution in [1.29, 1.82) is 0 Å². The predicted octanol–water partition coefficient (Wildman–Crippen LogP) is 5.69. The first-order valence-electron chi connectivity index (χ1n) is 15.5. The monoisotopic (exact) mass is 560 g/mol. The Morgan fingerprint density at radius 2 is 1.57 bits per heavy atom. The molecule has 0 radical (unpaired) electrons. The number of esters is 2. The minimum Gasteiger partial charge on any atom is -0.460 e. The molecule has 4 aliphatic carbocycles. The van der Waals surface area contributed by atoms with Crippen molar-refractivity contribution in [3.8, 4) is 0 Å². The summed E-state index contributed by atoms with van der Waals surface area (Å²) in [6, 6.07) is 0. The van der Waals surface area contributed by atoms with Crippen LogP contribution in [0.1, 0.15) is 114 Å². The predicted molar refractivity (Wildman–Crippen MR) is 151 cm³/mol. The van der Waals surface area contributed by atoms with Gasteiger partial charge < -0.3 is 14.6 Å². The van der Waals surface area contributed by atoms with Crippen molar-refractivity contribution in [2.24, 2.45) is 52.3 Å². The molecule has 0 saturated heterocycles. The van der Waals surface area contributed by atoms with Crippen molar-refractivity contribution in [2.45, 2.75) is 131 Å². The first-order valence-corrected chi connectivity index (χ1v) is 15.5. The Balaban J connectivity index is 1.65. The third-order valence-electron chi connectivity index (χ3n) is 12.5. The Kier molecular flexibility index (Phi) is 8.19. The van der Waals surface area contributed by atoms with Crippen LogP contribution >= 0.6 is 0 Å². The summed E-state index contributed by atoms with van der Waals surface area (Å²) in [7, 11) is 0. The van der Waals surface area contributed by atoms with Crippen LogP contribution in [0.2, 0.25) is 0 Å². The van der Waals surface area contributed by atoms with E-state index in [9.17, 15) is 24.3 Å². The molecule has 0 spiro atoms. The van der Waals surface area contributed by atoms with Crippen molar-refractivity contribution in [2.75, 3.05) is 0 Å². The number of hydrogen-bond donors (Lipinski definition) is 1. The second kappa shape index (κ2) is 10.5. The molecule has 11 unspecified atom stereocenters. The first-order chi connectivity index (χ1) is 18.4. The number of hydrogen-bond acceptors (Lipinski definition) is 7. The lowest BCUT2D eigenvalue weighted by Crippen LogP contribution is -2.60. The Hall–Kier alpha value is -1.76. The van der Waals surface area contributed by atoms with E-state index >= 15 is 0 Å². The van der Waals surface area contributed by atoms with Crippen LogP contribution in [0, 0.1) is 52.3 Å². The number of fused-ring (bicyclic) bond motifs is 5. The van der Waals surface area contributed by atoms with Gasteiger partial charge in [0.15, 0.2) is 0 Å². The third kappa shape index (κ3) is 5.07. The number of aliphatic hydroxyl groups is 1. The van der Waals surface area contributed by atoms with Gasteiger partial charge in [-0.3, -0.25) is 19.2 Å². The molecule has 1 N–H and O–H groups in total. The van der Waals surface area contributed by atoms with Crippen LogP contribution < -0.4 is 0 Å². The topological polar surface area (TPSA) is 107 Å². The van der Waals surface area contributed by atoms with Crippen LogP contribution in [-0.4, -0.2) is 45.9 Å². The van der Waals surface area contributed by atoms with Gasteiger partial charge in [-0.2, -0.15) is 0 Å². The molecule has 0 heterocycles. The van der Waals surface area contributed by atoms with Crippen LogP contribution in [0.25, 0.3) is 0 Å². The maximum absolute atomic E-state index is 14.0. The van der Waals surface area contributed by atoms with Gasteiger partial charge in [0, 0.05) is 44.9 Å². The Labute approximate surface area is 240 Å². The van der Waals surface area contributed by atoms with Gasteiger partial charge in [0.1, 0.15) is 28.9 Å². The van der Waals surface area contributed by atoms with Gasteiger partial charge in [0.2, 0.25) is 0 Å². The van der Waals surface area contributed by atoms with Crippen molar-refractivity contribution >= 4 is 23.5 Å². The largest absolute Gasteiger partial charge is 0.460 e. The number of ketones is 2. The highest BCUT2D eigenvalue weighted by Gasteiger charge is 2.67. The zero-order valence-corrected chi connectivity index (χ0v) is 26.2. The maximum atomic E-state index is 14.0. The highest BCUT2D eigenvalue weighted by Crippen LogP contribution is 2.68. The fourth-order valence-corrected chi connectivity index (χ4v) is 10.3. The molecule has 0 aromatic heterocycles. The summed E-state index contributed by atoms with van der Waals surface area (Å²) in [4.78, 5) is 50.4. The molecule has 0 amide bonds. The maximum Gasteiger partial charge on any atom is 0.303 e. The number of rotatable bonds is 7. The summed E-state index contributed by atoms with van der Waals surface area (Å²) in [6.45, 7) is 16.4. The smallest absolute Gasteiger partial charge is 0.303 e. The minimum absolute atomic E-state index is 0.0560. The average Bonchev–Trinajstić information content (AvgIpc) is 3.11. The molecule has 7 heteroatoms. The van der Waals surface area contributed by atoms with E-state index in [1.165, 1.54) is 13.8 Å². The third-order valence-corrected chi connectivity index (χ3v) is 12.5. The SMILES string of the molecule is CC(=O)OC(C(C)C(C)C(C)(C)OC(C)=O)C(C)(O)C1C(=O)CC2C3CCC4CC(=O)CCC4(C)C3CCC21C. The van der Waals surface area contributed by atoms with E-state index < -0.39 is 46.5 Å². The van der Waals surface area contributed by atoms with Crippen molar-refractivity contribution in [1.82, 2.24) is 0 Å². The normalized spacial score (nSPS) is 39.6. The average molecular weight is 561 g/mol. The Bertz CT molecular complexity index is 1050. The van der Waals surface area contributed by atoms with Crippen molar-refractivity contribution < 1.29 is 33.8 Å². The molecule has 4 rings (SSSR count). The van der Waals surface area contributed by atoms with Crippen LogP contribution in [0.5, 0.6) is 0 Å². The zero-order valence-electron chi connectivity index (χ0n) is 26.2. The zero-order chi connectivity index (χ0) is 30.0. The molecule has 0 aromatic rings. The van der Waals surface area contributed by atoms with E-state index in [0.717, 1.165) is 32.1 Å². The lowest BCUT2D eigenvalue weighted by atomic mass is 9.44. The van der Waals surface area contributed by atoms with E-state index in [-0.39, 0.29) is 23.0 Å². The summed E-state index contributed by atoms with van der Waals surface area (Å²) >= 11 is 0. The molecule has 226 valence electrons. The van der Waals surface area contributed by atoms with Crippen LogP contribution in [-0.2, 0) is 28.7 Å². The van der Waals surface area contributed by atoms with E-state index in [4.69, 9.17) is 9.47 Å². The number of Topliss-reactive ketones (excluding diaryl/α,β-unsaturated/α-hetero) is 2. The number of ether oxygens (including phenoxy) is 2. The quantitative estimate of drug-likeness (QED) is 0.399. The number of carbonyl (C=O) groups is 4. The second-order valence-corrected chi connectivity index (χ2v) is 15.1. The van der Waals surface area contributed by atoms with E-state index in [0.29, 0.717) is 42.8 Å². The van der Waals surface area contributed by atoms with Gasteiger partial charge in [-0.25, -0.2) is 0 Å². The molecule has 4 saturated carbocycles. The van der Waals surface area contributed by atoms with Gasteiger partial charge in [0.25, 0.3) is 0 Å². The highest BCUT2D eigenvalue weighted by molar-refractivity contribution is 5.86. The molecular weight excluding hydrogens is 508 g/mol. The van der Waals surface area contributed by atoms with Crippen LogP contribution in [0.4, 0.5) is 0 Å². The molecule has 40 heavy (non-hydrogen) atoms. The molecule has 0 bridgehead atoms. The standard InChI is InChI=1S/C33H52O7/c1-18(19(2)30(5,6)40-21(4)35)29(39-20(3)34)33(9,38)28-27(37)17-26-24-11-10-22-16-23(36)12-14-31(22,7)25(24)13-15-32(26,28)8/h18-19,22,24-26,28-29,38H,10-17H2,1-9H3. The van der Waals surface area contributed by atoms with Crippen molar-refractivity contribution in [3.05, 3.63) is 0 Å². The van der Waals surface area contributed by atoms with Gasteiger partial charge in [-0.05, 0) is 87.4 Å². The Morgan fingerprint density at radius 3 is 2.17 bits per heavy atom. The Morgan fingerprint density at radius 1 is 0.925 bits per heavy atom. The van der Waals surface area contributed by atoms with E-state index in [1.807, 2.05) is 27.7 Å². The number of carbonyl (C=O) groups excluding carboxylic acids is 4. The minimum atomic E-state index is -1.60. The lowest BCUT2D eigenvalue weighted by Gasteiger charge is -2.60. The van der Waals surface area contributed by atoms with Gasteiger partial charge in [-0.1, -0.05) is 27.7 Å². The molecule has 4 aliphatic rings. The van der Waals surface area contributed by atoms with Gasteiger partial charge in [-0.15, -0.1) is 0 Å². The van der Waals surface area contributed by atoms with Crippen molar-refractivity contribution in [3.63, 3.8) is 0 Å². The van der Waals surface area contributed by atoms with Gasteiger partial charge in [0.05, 0.1) is 5.92 Å². The highest BCUT2D eigenvalue weighted by atomic mass is 16.6. The van der Waals surface area contributed by atoms with E-state index in [2.05, 4.69) is 13.8 Å². The fraction of sp³-hybridized carbons (Fsp3) is 0.879. The van der Waals surface area contributed by atoms with Crippen LogP contribution in [0.3, 0.4) is 0 Å². The van der Waals surface area contributed by atoms with Crippen LogP contribution in [0.15, 0.2) is 0 Å².